The van der Waals surface area contributed by atoms with E-state index >= 15 is 0 Å². The largest absolute Gasteiger partial charge is 0.497 e. The second-order valence-electron chi connectivity index (χ2n) is 7.64. The number of carbonyl (C=O) groups is 1. The first-order valence-corrected chi connectivity index (χ1v) is 10.3. The van der Waals surface area contributed by atoms with E-state index in [1.165, 1.54) is 5.56 Å². The van der Waals surface area contributed by atoms with Gasteiger partial charge >= 0.3 is 0 Å². The van der Waals surface area contributed by atoms with Crippen molar-refractivity contribution >= 4 is 27.5 Å². The van der Waals surface area contributed by atoms with Gasteiger partial charge in [-0.25, -0.2) is 0 Å². The van der Waals surface area contributed by atoms with Crippen molar-refractivity contribution in [3.05, 3.63) is 66.8 Å². The molecule has 1 aliphatic heterocycles. The lowest BCUT2D eigenvalue weighted by atomic mass is 9.84. The normalized spacial score (nSPS) is 15.5. The number of hydrogen-bond acceptors (Lipinski definition) is 4. The molecule has 4 rings (SSSR count). The average Bonchev–Trinajstić information content (AvgIpc) is 2.82. The molecule has 0 saturated carbocycles. The first-order valence-electron chi connectivity index (χ1n) is 10.3. The van der Waals surface area contributed by atoms with Crippen LogP contribution in [0.2, 0.25) is 0 Å². The molecule has 1 heterocycles. The van der Waals surface area contributed by atoms with Gasteiger partial charge < -0.3 is 19.1 Å². The van der Waals surface area contributed by atoms with E-state index in [0.717, 1.165) is 32.9 Å². The van der Waals surface area contributed by atoms with E-state index < -0.39 is 0 Å². The fraction of sp³-hybridized carbons (Fsp3) is 0.269. The molecule has 0 bridgehead atoms. The first kappa shape index (κ1) is 20.8. The molecule has 0 aromatic heterocycles. The number of fused-ring (bicyclic) bond motifs is 6. The van der Waals surface area contributed by atoms with E-state index in [1.807, 2.05) is 35.2 Å². The van der Waals surface area contributed by atoms with Gasteiger partial charge in [-0.2, -0.15) is 0 Å². The minimum atomic E-state index is -0.0769. The standard InChI is InChI=1S/C26H27NO4/c1-6-8-26(28)27-15-23-18-10-9-17(29-3)12-20(18)22-14-25(31-5)24(30-4)13-21(22)19(23)11-16(27)7-2/h6-7,9-10,12-14,16H,1-2,8,11,15H2,3-5H3. The van der Waals surface area contributed by atoms with Crippen molar-refractivity contribution in [2.75, 3.05) is 21.3 Å². The molecule has 0 aliphatic carbocycles. The van der Waals surface area contributed by atoms with E-state index in [-0.39, 0.29) is 11.9 Å². The highest BCUT2D eigenvalue weighted by molar-refractivity contribution is 6.12. The van der Waals surface area contributed by atoms with Crippen LogP contribution >= 0.6 is 0 Å². The van der Waals surface area contributed by atoms with E-state index in [2.05, 4.69) is 19.2 Å². The summed E-state index contributed by atoms with van der Waals surface area (Å²) in [4.78, 5) is 14.7. The molecule has 1 aliphatic rings. The molecule has 31 heavy (non-hydrogen) atoms. The molecular weight excluding hydrogens is 390 g/mol. The fourth-order valence-corrected chi connectivity index (χ4v) is 4.56. The van der Waals surface area contributed by atoms with Gasteiger partial charge in [0.2, 0.25) is 5.91 Å². The third kappa shape index (κ3) is 3.40. The van der Waals surface area contributed by atoms with Crippen LogP contribution in [-0.2, 0) is 17.8 Å². The van der Waals surface area contributed by atoms with Gasteiger partial charge in [-0.1, -0.05) is 18.2 Å². The Morgan fingerprint density at radius 1 is 0.968 bits per heavy atom. The number of nitrogens with zero attached hydrogens (tertiary/aromatic N) is 1. The minimum Gasteiger partial charge on any atom is -0.497 e. The highest BCUT2D eigenvalue weighted by Gasteiger charge is 2.30. The molecule has 3 aromatic carbocycles. The zero-order valence-electron chi connectivity index (χ0n) is 18.2. The molecule has 1 unspecified atom stereocenters. The number of amides is 1. The Morgan fingerprint density at radius 3 is 2.26 bits per heavy atom. The summed E-state index contributed by atoms with van der Waals surface area (Å²) in [5.41, 5.74) is 2.36. The van der Waals surface area contributed by atoms with Crippen LogP contribution in [0.4, 0.5) is 0 Å². The predicted octanol–water partition coefficient (Wildman–Crippen LogP) is 5.03. The molecule has 5 nitrogen and oxygen atoms in total. The summed E-state index contributed by atoms with van der Waals surface area (Å²) < 4.78 is 16.7. The van der Waals surface area contributed by atoms with Crippen molar-refractivity contribution < 1.29 is 19.0 Å². The zero-order chi connectivity index (χ0) is 22.1. The van der Waals surface area contributed by atoms with Gasteiger partial charge in [0, 0.05) is 13.0 Å². The minimum absolute atomic E-state index is 0.0552. The Labute approximate surface area is 182 Å². The highest BCUT2D eigenvalue weighted by atomic mass is 16.5. The molecule has 1 atom stereocenters. The maximum atomic E-state index is 12.8. The van der Waals surface area contributed by atoms with Crippen molar-refractivity contribution in [3.63, 3.8) is 0 Å². The molecular formula is C26H27NO4. The van der Waals surface area contributed by atoms with Crippen molar-refractivity contribution in [3.8, 4) is 17.2 Å². The van der Waals surface area contributed by atoms with Crippen LogP contribution in [0.1, 0.15) is 17.5 Å². The summed E-state index contributed by atoms with van der Waals surface area (Å²) in [6.45, 7) is 8.24. The lowest BCUT2D eigenvalue weighted by Gasteiger charge is -2.37. The smallest absolute Gasteiger partial charge is 0.227 e. The number of methoxy groups -OCH3 is 3. The third-order valence-corrected chi connectivity index (χ3v) is 6.11. The van der Waals surface area contributed by atoms with E-state index in [4.69, 9.17) is 14.2 Å². The summed E-state index contributed by atoms with van der Waals surface area (Å²) in [5.74, 6) is 2.19. The average molecular weight is 418 g/mol. The van der Waals surface area contributed by atoms with Gasteiger partial charge in [0.1, 0.15) is 5.75 Å². The van der Waals surface area contributed by atoms with Crippen LogP contribution in [0.15, 0.2) is 55.6 Å². The Kier molecular flexibility index (Phi) is 5.59. The van der Waals surface area contributed by atoms with Gasteiger partial charge in [-0.05, 0) is 63.4 Å². The molecule has 160 valence electrons. The van der Waals surface area contributed by atoms with Gasteiger partial charge in [0.05, 0.1) is 27.4 Å². The number of carbonyl (C=O) groups excluding carboxylic acids is 1. The third-order valence-electron chi connectivity index (χ3n) is 6.11. The van der Waals surface area contributed by atoms with Crippen molar-refractivity contribution in [1.29, 1.82) is 0 Å². The van der Waals surface area contributed by atoms with Crippen LogP contribution in [0, 0.1) is 0 Å². The van der Waals surface area contributed by atoms with Crippen LogP contribution < -0.4 is 14.2 Å². The molecule has 0 radical (unpaired) electrons. The molecule has 3 aromatic rings. The molecule has 0 spiro atoms. The van der Waals surface area contributed by atoms with Crippen LogP contribution in [0.5, 0.6) is 17.2 Å². The van der Waals surface area contributed by atoms with Crippen molar-refractivity contribution in [2.45, 2.75) is 25.4 Å². The van der Waals surface area contributed by atoms with Crippen LogP contribution in [-0.4, -0.2) is 38.2 Å². The molecule has 0 saturated heterocycles. The van der Waals surface area contributed by atoms with Gasteiger partial charge in [-0.15, -0.1) is 13.2 Å². The Bertz CT molecular complexity index is 1200. The number of rotatable bonds is 6. The summed E-state index contributed by atoms with van der Waals surface area (Å²) in [6.07, 6.45) is 4.51. The maximum absolute atomic E-state index is 12.8. The van der Waals surface area contributed by atoms with Gasteiger partial charge in [0.15, 0.2) is 11.5 Å². The lowest BCUT2D eigenvalue weighted by Crippen LogP contribution is -2.43. The summed E-state index contributed by atoms with van der Waals surface area (Å²) in [7, 11) is 4.94. The SMILES string of the molecule is C=CCC(=O)N1Cc2c(c3cc(OC)c(OC)cc3c3cc(OC)ccc23)CC1C=C. The van der Waals surface area contributed by atoms with Crippen molar-refractivity contribution in [1.82, 2.24) is 4.90 Å². The quantitative estimate of drug-likeness (QED) is 0.417. The number of ether oxygens (including phenoxy) is 3. The second kappa shape index (κ2) is 8.34. The van der Waals surface area contributed by atoms with Crippen molar-refractivity contribution in [2.24, 2.45) is 0 Å². The monoisotopic (exact) mass is 417 g/mol. The summed E-state index contributed by atoms with van der Waals surface area (Å²) in [5, 5.41) is 4.33. The second-order valence-corrected chi connectivity index (χ2v) is 7.64. The summed E-state index contributed by atoms with van der Waals surface area (Å²) in [6, 6.07) is 10.1. The van der Waals surface area contributed by atoms with Gasteiger partial charge in [0.25, 0.3) is 0 Å². The topological polar surface area (TPSA) is 48.0 Å². The highest BCUT2D eigenvalue weighted by Crippen LogP contribution is 2.43. The fourth-order valence-electron chi connectivity index (χ4n) is 4.56. The maximum Gasteiger partial charge on any atom is 0.227 e. The van der Waals surface area contributed by atoms with Crippen LogP contribution in [0.25, 0.3) is 21.5 Å². The Balaban J connectivity index is 2.06. The number of benzene rings is 3. The Hall–Kier alpha value is -3.47. The molecule has 1 amide bonds. The zero-order valence-corrected chi connectivity index (χ0v) is 18.2. The van der Waals surface area contributed by atoms with Crippen LogP contribution in [0.3, 0.4) is 0 Å². The first-order chi connectivity index (χ1) is 15.1. The van der Waals surface area contributed by atoms with E-state index in [9.17, 15) is 4.79 Å². The molecule has 0 N–H and O–H groups in total. The van der Waals surface area contributed by atoms with E-state index in [1.54, 1.807) is 27.4 Å². The number of hydrogen-bond donors (Lipinski definition) is 0. The predicted molar refractivity (Wildman–Crippen MR) is 124 cm³/mol. The molecule has 5 heteroatoms. The summed E-state index contributed by atoms with van der Waals surface area (Å²) >= 11 is 0. The molecule has 0 fully saturated rings. The Morgan fingerprint density at radius 2 is 1.65 bits per heavy atom. The van der Waals surface area contributed by atoms with E-state index in [0.29, 0.717) is 30.9 Å². The lowest BCUT2D eigenvalue weighted by molar-refractivity contribution is -0.132. The van der Waals surface area contributed by atoms with Gasteiger partial charge in [-0.3, -0.25) is 4.79 Å².